The first-order valence-electron chi connectivity index (χ1n) is 10.3. The summed E-state index contributed by atoms with van der Waals surface area (Å²) in [4.78, 5) is 28.2. The summed E-state index contributed by atoms with van der Waals surface area (Å²) >= 11 is 1.33. The maximum absolute atomic E-state index is 12.5. The molecule has 8 nitrogen and oxygen atoms in total. The zero-order chi connectivity index (χ0) is 22.2. The van der Waals surface area contributed by atoms with Gasteiger partial charge in [-0.1, -0.05) is 0 Å². The predicted molar refractivity (Wildman–Crippen MR) is 120 cm³/mol. The van der Waals surface area contributed by atoms with Gasteiger partial charge in [-0.2, -0.15) is 0 Å². The first-order chi connectivity index (χ1) is 15.0. The van der Waals surface area contributed by atoms with Crippen LogP contribution in [0.2, 0.25) is 0 Å². The molecule has 31 heavy (non-hydrogen) atoms. The number of rotatable bonds is 9. The Morgan fingerprint density at radius 1 is 1.10 bits per heavy atom. The summed E-state index contributed by atoms with van der Waals surface area (Å²) in [5, 5.41) is 2.78. The van der Waals surface area contributed by atoms with E-state index in [0.29, 0.717) is 48.5 Å². The highest BCUT2D eigenvalue weighted by atomic mass is 32.1. The number of morpholine rings is 1. The van der Waals surface area contributed by atoms with Crippen LogP contribution in [0.1, 0.15) is 28.4 Å². The molecule has 2 heterocycles. The number of nitrogens with one attached hydrogen (secondary N) is 1. The maximum Gasteiger partial charge on any atom is 0.348 e. The monoisotopic (exact) mass is 448 g/mol. The third kappa shape index (κ3) is 6.11. The molecule has 1 aliphatic heterocycles. The average Bonchev–Trinajstić information content (AvgIpc) is 3.21. The van der Waals surface area contributed by atoms with Crippen LogP contribution in [-0.4, -0.2) is 58.0 Å². The molecule has 1 saturated heterocycles. The molecule has 0 unspecified atom stereocenters. The lowest BCUT2D eigenvalue weighted by Gasteiger charge is -2.31. The molecule has 1 amide bonds. The summed E-state index contributed by atoms with van der Waals surface area (Å²) < 4.78 is 22.2. The average molecular weight is 449 g/mol. The normalized spacial score (nSPS) is 13.6. The number of carbonyl (C=O) groups excluding carboxylic acids is 2. The van der Waals surface area contributed by atoms with Crippen molar-refractivity contribution in [3.63, 3.8) is 0 Å². The molecular formula is C22H28N2O6S. The Balaban J connectivity index is 1.74. The van der Waals surface area contributed by atoms with Gasteiger partial charge in [-0.15, -0.1) is 11.3 Å². The van der Waals surface area contributed by atoms with Gasteiger partial charge in [-0.25, -0.2) is 4.79 Å². The molecule has 0 aliphatic carbocycles. The van der Waals surface area contributed by atoms with Crippen molar-refractivity contribution in [1.82, 2.24) is 0 Å². The molecule has 1 aromatic carbocycles. The number of anilines is 2. The lowest BCUT2D eigenvalue weighted by atomic mass is 10.2. The van der Waals surface area contributed by atoms with Crippen molar-refractivity contribution in [3.05, 3.63) is 34.0 Å². The Hall–Kier alpha value is -2.78. The Labute approximate surface area is 186 Å². The molecule has 1 fully saturated rings. The Morgan fingerprint density at radius 2 is 1.81 bits per heavy atom. The molecule has 0 radical (unpaired) electrons. The minimum Gasteiger partial charge on any atom is -0.492 e. The summed E-state index contributed by atoms with van der Waals surface area (Å²) in [6, 6.07) is 7.14. The van der Waals surface area contributed by atoms with Crippen molar-refractivity contribution < 1.29 is 28.5 Å². The largest absolute Gasteiger partial charge is 0.492 e. The standard InChI is InChI=1S/C22H28N2O6S/c1-4-28-18-13-17(24-8-10-27-11-9-24)19(29-5-2)12-16(18)23-21(25)14-30-22(26)20-7-6-15(3)31-20/h6-7,12-13H,4-5,8-11,14H2,1-3H3,(H,23,25). The molecule has 0 bridgehead atoms. The van der Waals surface area contributed by atoms with Gasteiger partial charge in [0.1, 0.15) is 16.4 Å². The summed E-state index contributed by atoms with van der Waals surface area (Å²) in [5.41, 5.74) is 1.36. The summed E-state index contributed by atoms with van der Waals surface area (Å²) in [6.07, 6.45) is 0. The van der Waals surface area contributed by atoms with Crippen LogP contribution in [0.25, 0.3) is 0 Å². The molecular weight excluding hydrogens is 420 g/mol. The van der Waals surface area contributed by atoms with Gasteiger partial charge in [0.2, 0.25) is 0 Å². The van der Waals surface area contributed by atoms with E-state index in [0.717, 1.165) is 23.7 Å². The summed E-state index contributed by atoms with van der Waals surface area (Å²) in [7, 11) is 0. The number of hydrogen-bond donors (Lipinski definition) is 1. The van der Waals surface area contributed by atoms with Gasteiger partial charge in [-0.3, -0.25) is 4.79 Å². The molecule has 0 saturated carbocycles. The third-order valence-corrected chi connectivity index (χ3v) is 5.54. The molecule has 1 aliphatic rings. The SMILES string of the molecule is CCOc1cc(N2CCOCC2)c(OCC)cc1NC(=O)COC(=O)c1ccc(C)s1. The van der Waals surface area contributed by atoms with Crippen LogP contribution in [0.4, 0.5) is 11.4 Å². The van der Waals surface area contributed by atoms with Crippen LogP contribution in [-0.2, 0) is 14.3 Å². The Kier molecular flexibility index (Phi) is 8.13. The van der Waals surface area contributed by atoms with E-state index in [-0.39, 0.29) is 0 Å². The lowest BCUT2D eigenvalue weighted by molar-refractivity contribution is -0.119. The van der Waals surface area contributed by atoms with Gasteiger partial charge in [-0.05, 0) is 32.9 Å². The van der Waals surface area contributed by atoms with Crippen molar-refractivity contribution in [1.29, 1.82) is 0 Å². The molecule has 1 N–H and O–H groups in total. The second-order valence-corrected chi connectivity index (χ2v) is 8.10. The maximum atomic E-state index is 12.5. The van der Waals surface area contributed by atoms with Gasteiger partial charge in [0, 0.05) is 30.1 Å². The molecule has 1 aromatic heterocycles. The van der Waals surface area contributed by atoms with Gasteiger partial charge >= 0.3 is 5.97 Å². The van der Waals surface area contributed by atoms with Gasteiger partial charge in [0.25, 0.3) is 5.91 Å². The number of thiophene rings is 1. The van der Waals surface area contributed by atoms with Crippen molar-refractivity contribution in [2.75, 3.05) is 56.3 Å². The topological polar surface area (TPSA) is 86.3 Å². The van der Waals surface area contributed by atoms with E-state index >= 15 is 0 Å². The van der Waals surface area contributed by atoms with E-state index in [1.807, 2.05) is 32.9 Å². The van der Waals surface area contributed by atoms with E-state index in [1.54, 1.807) is 12.1 Å². The fraction of sp³-hybridized carbons (Fsp3) is 0.455. The van der Waals surface area contributed by atoms with E-state index in [9.17, 15) is 9.59 Å². The third-order valence-electron chi connectivity index (χ3n) is 4.56. The number of benzene rings is 1. The van der Waals surface area contributed by atoms with Gasteiger partial charge in [0.15, 0.2) is 6.61 Å². The smallest absolute Gasteiger partial charge is 0.348 e. The van der Waals surface area contributed by atoms with Crippen LogP contribution in [0.5, 0.6) is 11.5 Å². The minimum atomic E-state index is -0.518. The second-order valence-electron chi connectivity index (χ2n) is 6.82. The fourth-order valence-corrected chi connectivity index (χ4v) is 3.94. The number of carbonyl (C=O) groups is 2. The number of esters is 1. The van der Waals surface area contributed by atoms with E-state index in [2.05, 4.69) is 10.2 Å². The molecule has 168 valence electrons. The van der Waals surface area contributed by atoms with E-state index in [1.165, 1.54) is 11.3 Å². The first kappa shape index (κ1) is 22.9. The van der Waals surface area contributed by atoms with Crippen molar-refractivity contribution >= 4 is 34.6 Å². The highest BCUT2D eigenvalue weighted by molar-refractivity contribution is 7.13. The van der Waals surface area contributed by atoms with E-state index < -0.39 is 18.5 Å². The minimum absolute atomic E-state index is 0.392. The van der Waals surface area contributed by atoms with E-state index in [4.69, 9.17) is 18.9 Å². The van der Waals surface area contributed by atoms with Crippen LogP contribution >= 0.6 is 11.3 Å². The molecule has 9 heteroatoms. The summed E-state index contributed by atoms with van der Waals surface area (Å²) in [5.74, 6) is 0.204. The molecule has 3 rings (SSSR count). The lowest BCUT2D eigenvalue weighted by Crippen LogP contribution is -2.36. The Bertz CT molecular complexity index is 907. The molecule has 2 aromatic rings. The number of nitrogens with zero attached hydrogens (tertiary/aromatic N) is 1. The van der Waals surface area contributed by atoms with Crippen LogP contribution in [0, 0.1) is 6.92 Å². The quantitative estimate of drug-likeness (QED) is 0.588. The van der Waals surface area contributed by atoms with Crippen molar-refractivity contribution in [3.8, 4) is 11.5 Å². The molecule has 0 atom stereocenters. The fourth-order valence-electron chi connectivity index (χ4n) is 3.18. The highest BCUT2D eigenvalue weighted by Gasteiger charge is 2.21. The number of amides is 1. The van der Waals surface area contributed by atoms with Crippen molar-refractivity contribution in [2.45, 2.75) is 20.8 Å². The number of aryl methyl sites for hydroxylation is 1. The zero-order valence-electron chi connectivity index (χ0n) is 18.1. The van der Waals surface area contributed by atoms with Crippen LogP contribution in [0.3, 0.4) is 0 Å². The molecule has 0 spiro atoms. The Morgan fingerprint density at radius 3 is 2.45 bits per heavy atom. The number of ether oxygens (including phenoxy) is 4. The highest BCUT2D eigenvalue weighted by Crippen LogP contribution is 2.39. The van der Waals surface area contributed by atoms with Crippen molar-refractivity contribution in [2.24, 2.45) is 0 Å². The first-order valence-corrected chi connectivity index (χ1v) is 11.1. The van der Waals surface area contributed by atoms with Gasteiger partial charge < -0.3 is 29.2 Å². The van der Waals surface area contributed by atoms with Gasteiger partial charge in [0.05, 0.1) is 37.8 Å². The van der Waals surface area contributed by atoms with Crippen LogP contribution < -0.4 is 19.7 Å². The predicted octanol–water partition coefficient (Wildman–Crippen LogP) is 3.49. The number of hydrogen-bond acceptors (Lipinski definition) is 8. The summed E-state index contributed by atoms with van der Waals surface area (Å²) in [6.45, 7) is 8.99. The van der Waals surface area contributed by atoms with Crippen LogP contribution in [0.15, 0.2) is 24.3 Å². The zero-order valence-corrected chi connectivity index (χ0v) is 18.9. The second kappa shape index (κ2) is 11.0.